The third-order valence-corrected chi connectivity index (χ3v) is 4.56. The molecule has 134 valence electrons. The van der Waals surface area contributed by atoms with Gasteiger partial charge < -0.3 is 15.5 Å². The average molecular weight is 351 g/mol. The maximum atomic E-state index is 12.6. The molecule has 0 aliphatic carbocycles. The van der Waals surface area contributed by atoms with Crippen molar-refractivity contribution in [2.24, 2.45) is 0 Å². The van der Waals surface area contributed by atoms with Crippen molar-refractivity contribution in [1.82, 2.24) is 24.5 Å². The predicted octanol–water partition coefficient (Wildman–Crippen LogP) is 2.54. The first-order chi connectivity index (χ1) is 12.7. The number of amides is 2. The number of anilines is 2. The highest BCUT2D eigenvalue weighted by atomic mass is 16.2. The van der Waals surface area contributed by atoms with E-state index in [1.807, 2.05) is 30.2 Å². The Kier molecular flexibility index (Phi) is 4.39. The first-order valence-electron chi connectivity index (χ1n) is 8.71. The Morgan fingerprint density at radius 3 is 2.73 bits per heavy atom. The molecule has 4 heterocycles. The maximum absolute atomic E-state index is 12.6. The van der Waals surface area contributed by atoms with Crippen LogP contribution in [0.25, 0.3) is 5.65 Å². The fraction of sp³-hybridized carbons (Fsp3) is 0.333. The quantitative estimate of drug-likeness (QED) is 0.757. The van der Waals surface area contributed by atoms with Gasteiger partial charge in [0.15, 0.2) is 5.65 Å². The van der Waals surface area contributed by atoms with Gasteiger partial charge in [-0.15, -0.1) is 0 Å². The molecule has 2 amide bonds. The van der Waals surface area contributed by atoms with Crippen molar-refractivity contribution in [3.8, 4) is 0 Å². The number of hydrogen-bond donors (Lipinski definition) is 2. The third kappa shape index (κ3) is 3.44. The highest BCUT2D eigenvalue weighted by Gasteiger charge is 2.23. The van der Waals surface area contributed by atoms with Gasteiger partial charge in [-0.25, -0.2) is 14.3 Å². The lowest BCUT2D eigenvalue weighted by Crippen LogP contribution is -2.44. The van der Waals surface area contributed by atoms with E-state index in [0.29, 0.717) is 30.5 Å². The molecule has 1 aliphatic rings. The van der Waals surface area contributed by atoms with Crippen molar-refractivity contribution in [2.45, 2.75) is 25.8 Å². The van der Waals surface area contributed by atoms with Crippen LogP contribution in [0.2, 0.25) is 0 Å². The van der Waals surface area contributed by atoms with E-state index in [0.717, 1.165) is 24.1 Å². The first-order valence-corrected chi connectivity index (χ1v) is 8.71. The zero-order valence-electron chi connectivity index (χ0n) is 14.6. The van der Waals surface area contributed by atoms with Gasteiger partial charge in [-0.05, 0) is 37.5 Å². The van der Waals surface area contributed by atoms with E-state index in [1.54, 1.807) is 29.3 Å². The van der Waals surface area contributed by atoms with Crippen LogP contribution in [0.1, 0.15) is 18.4 Å². The van der Waals surface area contributed by atoms with Crippen LogP contribution in [0, 0.1) is 6.92 Å². The molecule has 2 N–H and O–H groups in total. The van der Waals surface area contributed by atoms with Gasteiger partial charge in [0.25, 0.3) is 0 Å². The van der Waals surface area contributed by atoms with Gasteiger partial charge in [0.1, 0.15) is 5.69 Å². The second kappa shape index (κ2) is 6.99. The second-order valence-electron chi connectivity index (χ2n) is 6.53. The number of nitrogens with one attached hydrogen (secondary N) is 2. The third-order valence-electron chi connectivity index (χ3n) is 4.56. The number of aromatic nitrogens is 4. The zero-order valence-corrected chi connectivity index (χ0v) is 14.6. The van der Waals surface area contributed by atoms with E-state index < -0.39 is 0 Å². The van der Waals surface area contributed by atoms with Crippen LogP contribution in [-0.4, -0.2) is 49.6 Å². The van der Waals surface area contributed by atoms with Crippen LogP contribution < -0.4 is 10.6 Å². The molecular weight excluding hydrogens is 330 g/mol. The van der Waals surface area contributed by atoms with Crippen LogP contribution in [0.5, 0.6) is 0 Å². The maximum Gasteiger partial charge on any atom is 0.321 e. The van der Waals surface area contributed by atoms with Crippen molar-refractivity contribution in [2.75, 3.05) is 23.7 Å². The van der Waals surface area contributed by atoms with Gasteiger partial charge in [0, 0.05) is 49.6 Å². The summed E-state index contributed by atoms with van der Waals surface area (Å²) in [5.41, 5.74) is 3.36. The number of carbonyl (C=O) groups is 1. The standard InChI is InChI=1S/C18H21N7O/c1-13-10-20-17-16(11-21-25(17)12-13)23-18(26)24-8-4-15(5-9-24)22-14-2-6-19-7-3-14/h2-3,6-7,10-12,15H,4-5,8-9H2,1H3,(H,19,22)(H,23,26). The molecule has 0 aromatic carbocycles. The molecule has 8 nitrogen and oxygen atoms in total. The molecule has 4 rings (SSSR count). The Balaban J connectivity index is 1.34. The predicted molar refractivity (Wildman–Crippen MR) is 99.2 cm³/mol. The zero-order chi connectivity index (χ0) is 17.9. The molecule has 1 fully saturated rings. The number of pyridine rings is 1. The number of hydrogen-bond acceptors (Lipinski definition) is 5. The number of likely N-dealkylation sites (tertiary alicyclic amines) is 1. The van der Waals surface area contributed by atoms with Crippen LogP contribution in [0.3, 0.4) is 0 Å². The second-order valence-corrected chi connectivity index (χ2v) is 6.53. The lowest BCUT2D eigenvalue weighted by molar-refractivity contribution is 0.197. The lowest BCUT2D eigenvalue weighted by Gasteiger charge is -2.32. The van der Waals surface area contributed by atoms with Crippen LogP contribution in [-0.2, 0) is 0 Å². The summed E-state index contributed by atoms with van der Waals surface area (Å²) < 4.78 is 1.68. The highest BCUT2D eigenvalue weighted by molar-refractivity contribution is 5.93. The van der Waals surface area contributed by atoms with Crippen molar-refractivity contribution < 1.29 is 4.79 Å². The SMILES string of the molecule is Cc1cnc2c(NC(=O)N3CCC(Nc4ccncc4)CC3)cnn2c1. The van der Waals surface area contributed by atoms with Crippen molar-refractivity contribution in [3.05, 3.63) is 48.7 Å². The van der Waals surface area contributed by atoms with E-state index in [-0.39, 0.29) is 6.03 Å². The number of urea groups is 1. The molecule has 8 heteroatoms. The minimum absolute atomic E-state index is 0.107. The number of fused-ring (bicyclic) bond motifs is 1. The van der Waals surface area contributed by atoms with E-state index >= 15 is 0 Å². The fourth-order valence-electron chi connectivity index (χ4n) is 3.16. The summed E-state index contributed by atoms with van der Waals surface area (Å²) in [6.07, 6.45) is 10.6. The Morgan fingerprint density at radius 1 is 1.19 bits per heavy atom. The Bertz CT molecular complexity index is 900. The van der Waals surface area contributed by atoms with Crippen LogP contribution in [0.15, 0.2) is 43.1 Å². The highest BCUT2D eigenvalue weighted by Crippen LogP contribution is 2.19. The molecule has 1 aliphatic heterocycles. The first kappa shape index (κ1) is 16.3. The molecule has 0 atom stereocenters. The smallest absolute Gasteiger partial charge is 0.321 e. The molecule has 26 heavy (non-hydrogen) atoms. The Morgan fingerprint density at radius 2 is 1.96 bits per heavy atom. The van der Waals surface area contributed by atoms with Gasteiger partial charge in [-0.3, -0.25) is 4.98 Å². The van der Waals surface area contributed by atoms with E-state index in [4.69, 9.17) is 0 Å². The van der Waals surface area contributed by atoms with Crippen LogP contribution >= 0.6 is 0 Å². The molecule has 0 saturated carbocycles. The summed E-state index contributed by atoms with van der Waals surface area (Å²) in [6, 6.07) is 4.17. The largest absolute Gasteiger partial charge is 0.382 e. The molecule has 3 aromatic heterocycles. The number of piperidine rings is 1. The number of carbonyl (C=O) groups excluding carboxylic acids is 1. The lowest BCUT2D eigenvalue weighted by atomic mass is 10.1. The summed E-state index contributed by atoms with van der Waals surface area (Å²) in [6.45, 7) is 3.37. The number of nitrogens with zero attached hydrogens (tertiary/aromatic N) is 5. The van der Waals surface area contributed by atoms with Crippen molar-refractivity contribution in [1.29, 1.82) is 0 Å². The molecule has 0 bridgehead atoms. The molecular formula is C18H21N7O. The summed E-state index contributed by atoms with van der Waals surface area (Å²) in [7, 11) is 0. The van der Waals surface area contributed by atoms with E-state index in [2.05, 4.69) is 25.7 Å². The summed E-state index contributed by atoms with van der Waals surface area (Å²) in [5, 5.41) is 10.7. The minimum atomic E-state index is -0.107. The van der Waals surface area contributed by atoms with Gasteiger partial charge in [0.2, 0.25) is 0 Å². The van der Waals surface area contributed by atoms with Gasteiger partial charge in [-0.2, -0.15) is 5.10 Å². The molecule has 3 aromatic rings. The Labute approximate surface area is 151 Å². The summed E-state index contributed by atoms with van der Waals surface area (Å²) >= 11 is 0. The van der Waals surface area contributed by atoms with Gasteiger partial charge in [0.05, 0.1) is 6.20 Å². The van der Waals surface area contributed by atoms with E-state index in [9.17, 15) is 4.79 Å². The van der Waals surface area contributed by atoms with E-state index in [1.165, 1.54) is 0 Å². The molecule has 1 saturated heterocycles. The van der Waals surface area contributed by atoms with Gasteiger partial charge >= 0.3 is 6.03 Å². The number of rotatable bonds is 3. The fourth-order valence-corrected chi connectivity index (χ4v) is 3.16. The monoisotopic (exact) mass is 351 g/mol. The molecule has 0 spiro atoms. The normalized spacial score (nSPS) is 15.2. The Hall–Kier alpha value is -3.16. The van der Waals surface area contributed by atoms with Crippen molar-refractivity contribution in [3.63, 3.8) is 0 Å². The number of aryl methyl sites for hydroxylation is 1. The molecule has 0 radical (unpaired) electrons. The minimum Gasteiger partial charge on any atom is -0.382 e. The molecule has 0 unspecified atom stereocenters. The average Bonchev–Trinajstić information content (AvgIpc) is 3.05. The van der Waals surface area contributed by atoms with Crippen LogP contribution in [0.4, 0.5) is 16.2 Å². The van der Waals surface area contributed by atoms with Crippen molar-refractivity contribution >= 4 is 23.1 Å². The van der Waals surface area contributed by atoms with Gasteiger partial charge in [-0.1, -0.05) is 0 Å². The topological polar surface area (TPSA) is 87.5 Å². The summed E-state index contributed by atoms with van der Waals surface area (Å²) in [5.74, 6) is 0. The summed E-state index contributed by atoms with van der Waals surface area (Å²) in [4.78, 5) is 22.8.